The number of rotatable bonds is 7. The van der Waals surface area contributed by atoms with E-state index in [-0.39, 0.29) is 5.91 Å². The molecule has 1 amide bonds. The molecule has 0 bridgehead atoms. The minimum absolute atomic E-state index is 0.304. The second kappa shape index (κ2) is 6.59. The lowest BCUT2D eigenvalue weighted by Gasteiger charge is -2.29. The molecule has 0 spiro atoms. The maximum Gasteiger partial charge on any atom is 0.329 e. The Balaban J connectivity index is 4.67. The van der Waals surface area contributed by atoms with Crippen LogP contribution in [0.15, 0.2) is 0 Å². The number of hydrogen-bond acceptors (Lipinski definition) is 3. The average Bonchev–Trinajstić information content (AvgIpc) is 2.24. The molecule has 0 aromatic carbocycles. The van der Waals surface area contributed by atoms with Crippen molar-refractivity contribution in [1.82, 2.24) is 5.32 Å². The lowest BCUT2D eigenvalue weighted by atomic mass is 9.92. The second-order valence-electron chi connectivity index (χ2n) is 4.82. The van der Waals surface area contributed by atoms with Gasteiger partial charge in [0.15, 0.2) is 0 Å². The van der Waals surface area contributed by atoms with Crippen molar-refractivity contribution in [3.8, 4) is 0 Å². The quantitative estimate of drug-likeness (QED) is 0.625. The van der Waals surface area contributed by atoms with Gasteiger partial charge >= 0.3 is 5.97 Å². The average molecular weight is 244 g/mol. The number of carbonyl (C=O) groups excluding carboxylic acids is 1. The summed E-state index contributed by atoms with van der Waals surface area (Å²) in [5, 5.41) is 11.8. The number of nitrogens with one attached hydrogen (secondary N) is 1. The van der Waals surface area contributed by atoms with Crippen molar-refractivity contribution >= 4 is 11.9 Å². The number of carbonyl (C=O) groups is 2. The Bertz CT molecular complexity index is 273. The molecule has 0 radical (unpaired) electrons. The Hall–Kier alpha value is -1.10. The van der Waals surface area contributed by atoms with Crippen molar-refractivity contribution in [3.63, 3.8) is 0 Å². The van der Waals surface area contributed by atoms with E-state index in [1.807, 2.05) is 13.8 Å². The minimum atomic E-state index is -1.19. The third-order valence-electron chi connectivity index (χ3n) is 3.04. The number of carboxylic acid groups (broad SMARTS) is 1. The van der Waals surface area contributed by atoms with Gasteiger partial charge in [-0.05, 0) is 25.2 Å². The number of amides is 1. The molecular formula is C12H24N2O3. The van der Waals surface area contributed by atoms with E-state index in [0.29, 0.717) is 25.2 Å². The van der Waals surface area contributed by atoms with Gasteiger partial charge in [0.2, 0.25) is 5.91 Å². The molecule has 0 aliphatic heterocycles. The predicted octanol–water partition coefficient (Wildman–Crippen LogP) is 1.12. The Morgan fingerprint density at radius 3 is 2.06 bits per heavy atom. The Morgan fingerprint density at radius 2 is 1.76 bits per heavy atom. The second-order valence-corrected chi connectivity index (χ2v) is 4.82. The van der Waals surface area contributed by atoms with Crippen LogP contribution in [-0.2, 0) is 9.59 Å². The molecule has 0 heterocycles. The van der Waals surface area contributed by atoms with Gasteiger partial charge in [-0.3, -0.25) is 4.79 Å². The van der Waals surface area contributed by atoms with E-state index in [2.05, 4.69) is 5.32 Å². The summed E-state index contributed by atoms with van der Waals surface area (Å²) >= 11 is 0. The molecule has 0 aromatic heterocycles. The van der Waals surface area contributed by atoms with Gasteiger partial charge in [0.1, 0.15) is 5.54 Å². The Kier molecular flexibility index (Phi) is 6.16. The van der Waals surface area contributed by atoms with Gasteiger partial charge in [0, 0.05) is 0 Å². The zero-order valence-corrected chi connectivity index (χ0v) is 11.1. The molecule has 0 aromatic rings. The maximum absolute atomic E-state index is 11.8. The Labute approximate surface area is 103 Å². The van der Waals surface area contributed by atoms with Gasteiger partial charge in [-0.25, -0.2) is 4.79 Å². The molecule has 4 N–H and O–H groups in total. The van der Waals surface area contributed by atoms with Crippen LogP contribution in [0.1, 0.15) is 47.0 Å². The summed E-state index contributed by atoms with van der Waals surface area (Å²) in [4.78, 5) is 23.0. The predicted molar refractivity (Wildman–Crippen MR) is 66.5 cm³/mol. The highest BCUT2D eigenvalue weighted by Crippen LogP contribution is 2.16. The van der Waals surface area contributed by atoms with Crippen molar-refractivity contribution in [3.05, 3.63) is 0 Å². The summed E-state index contributed by atoms with van der Waals surface area (Å²) in [7, 11) is 0. The topological polar surface area (TPSA) is 92.4 Å². The third-order valence-corrected chi connectivity index (χ3v) is 3.04. The van der Waals surface area contributed by atoms with E-state index in [1.165, 1.54) is 0 Å². The fraction of sp³-hybridized carbons (Fsp3) is 0.833. The van der Waals surface area contributed by atoms with E-state index in [1.54, 1.807) is 13.8 Å². The Morgan fingerprint density at radius 1 is 1.29 bits per heavy atom. The van der Waals surface area contributed by atoms with Crippen LogP contribution in [0.2, 0.25) is 0 Å². The van der Waals surface area contributed by atoms with Gasteiger partial charge in [-0.1, -0.05) is 27.7 Å². The maximum atomic E-state index is 11.8. The van der Waals surface area contributed by atoms with Gasteiger partial charge < -0.3 is 16.2 Å². The molecule has 0 unspecified atom stereocenters. The van der Waals surface area contributed by atoms with Gasteiger partial charge in [0.05, 0.1) is 6.04 Å². The number of carboxylic acids is 1. The van der Waals surface area contributed by atoms with E-state index in [4.69, 9.17) is 5.73 Å². The first-order valence-corrected chi connectivity index (χ1v) is 6.10. The van der Waals surface area contributed by atoms with Crippen molar-refractivity contribution in [2.75, 3.05) is 0 Å². The van der Waals surface area contributed by atoms with Crippen LogP contribution < -0.4 is 11.1 Å². The molecular weight excluding hydrogens is 220 g/mol. The summed E-state index contributed by atoms with van der Waals surface area (Å²) in [6.45, 7) is 7.42. The molecule has 100 valence electrons. The zero-order valence-electron chi connectivity index (χ0n) is 11.1. The highest BCUT2D eigenvalue weighted by molar-refractivity contribution is 5.89. The van der Waals surface area contributed by atoms with Crippen LogP contribution in [0, 0.1) is 5.92 Å². The molecule has 0 fully saturated rings. The van der Waals surface area contributed by atoms with Crippen LogP contribution in [0.5, 0.6) is 0 Å². The first-order chi connectivity index (χ1) is 7.79. The lowest BCUT2D eigenvalue weighted by molar-refractivity contribution is -0.148. The molecule has 5 heteroatoms. The van der Waals surface area contributed by atoms with Crippen LogP contribution in [0.3, 0.4) is 0 Å². The summed E-state index contributed by atoms with van der Waals surface area (Å²) in [5.41, 5.74) is 4.54. The molecule has 1 atom stereocenters. The van der Waals surface area contributed by atoms with E-state index >= 15 is 0 Å². The van der Waals surface area contributed by atoms with Crippen molar-refractivity contribution in [2.45, 2.75) is 58.5 Å². The summed E-state index contributed by atoms with van der Waals surface area (Å²) in [5.74, 6) is -1.09. The molecule has 0 aliphatic rings. The molecule has 0 saturated heterocycles. The summed E-state index contributed by atoms with van der Waals surface area (Å²) in [6.07, 6.45) is 1.24. The molecule has 0 rings (SSSR count). The zero-order chi connectivity index (χ0) is 13.6. The number of aliphatic carboxylic acids is 1. The highest BCUT2D eigenvalue weighted by atomic mass is 16.4. The minimum Gasteiger partial charge on any atom is -0.480 e. The molecule has 0 aliphatic carbocycles. The van der Waals surface area contributed by atoms with E-state index in [9.17, 15) is 14.7 Å². The lowest BCUT2D eigenvalue weighted by Crippen LogP contribution is -2.57. The normalized spacial score (nSPS) is 13.5. The van der Waals surface area contributed by atoms with Crippen LogP contribution in [0.4, 0.5) is 0 Å². The fourth-order valence-corrected chi connectivity index (χ4v) is 1.73. The van der Waals surface area contributed by atoms with Crippen molar-refractivity contribution in [1.29, 1.82) is 0 Å². The number of nitrogens with two attached hydrogens (primary N) is 1. The highest BCUT2D eigenvalue weighted by Gasteiger charge is 2.37. The standard InChI is InChI=1S/C12H24N2O3/c1-5-12(6-2,11(16)17)14-10(15)9(13)7-8(3)4/h8-9H,5-7,13H2,1-4H3,(H,14,15)(H,16,17)/t9-/m1/s1. The molecule has 17 heavy (non-hydrogen) atoms. The van der Waals surface area contributed by atoms with Gasteiger partial charge in [-0.2, -0.15) is 0 Å². The van der Waals surface area contributed by atoms with Crippen LogP contribution in [0.25, 0.3) is 0 Å². The summed E-state index contributed by atoms with van der Waals surface area (Å²) in [6, 6.07) is -0.646. The van der Waals surface area contributed by atoms with E-state index < -0.39 is 17.6 Å². The first-order valence-electron chi connectivity index (χ1n) is 6.10. The van der Waals surface area contributed by atoms with Gasteiger partial charge in [-0.15, -0.1) is 0 Å². The number of hydrogen-bond donors (Lipinski definition) is 3. The summed E-state index contributed by atoms with van der Waals surface area (Å²) < 4.78 is 0. The van der Waals surface area contributed by atoms with Gasteiger partial charge in [0.25, 0.3) is 0 Å². The van der Waals surface area contributed by atoms with E-state index in [0.717, 1.165) is 0 Å². The fourth-order valence-electron chi connectivity index (χ4n) is 1.73. The van der Waals surface area contributed by atoms with Crippen LogP contribution in [-0.4, -0.2) is 28.6 Å². The largest absolute Gasteiger partial charge is 0.480 e. The van der Waals surface area contributed by atoms with Crippen LogP contribution >= 0.6 is 0 Å². The molecule has 5 nitrogen and oxygen atoms in total. The SMILES string of the molecule is CCC(CC)(NC(=O)[C@H](N)CC(C)C)C(=O)O. The van der Waals surface area contributed by atoms with Crippen molar-refractivity contribution < 1.29 is 14.7 Å². The smallest absolute Gasteiger partial charge is 0.329 e. The monoisotopic (exact) mass is 244 g/mol. The van der Waals surface area contributed by atoms with Crippen molar-refractivity contribution in [2.24, 2.45) is 11.7 Å². The molecule has 0 saturated carbocycles. The third kappa shape index (κ3) is 4.34. The first kappa shape index (κ1) is 15.9.